The number of ether oxygens (including phenoxy) is 1. The minimum absolute atomic E-state index is 0.0344. The van der Waals surface area contributed by atoms with Gasteiger partial charge < -0.3 is 9.84 Å². The van der Waals surface area contributed by atoms with E-state index in [1.54, 1.807) is 12.1 Å². The van der Waals surface area contributed by atoms with E-state index in [0.29, 0.717) is 6.07 Å². The van der Waals surface area contributed by atoms with Crippen molar-refractivity contribution in [1.29, 1.82) is 0 Å². The Kier molecular flexibility index (Phi) is 5.39. The maximum atomic E-state index is 16.2. The predicted octanol–water partition coefficient (Wildman–Crippen LogP) is 4.85. The molecule has 1 N–H and O–H groups in total. The Morgan fingerprint density at radius 2 is 1.74 bits per heavy atom. The summed E-state index contributed by atoms with van der Waals surface area (Å²) >= 11 is 0. The first-order valence-corrected chi connectivity index (χ1v) is 10.9. The van der Waals surface area contributed by atoms with E-state index in [0.717, 1.165) is 35.0 Å². The van der Waals surface area contributed by atoms with Crippen LogP contribution in [0, 0.1) is 17.0 Å². The van der Waals surface area contributed by atoms with Gasteiger partial charge >= 0.3 is 0 Å². The van der Waals surface area contributed by atoms with Gasteiger partial charge in [0.25, 0.3) is 12.3 Å². The zero-order valence-electron chi connectivity index (χ0n) is 18.3. The van der Waals surface area contributed by atoms with Gasteiger partial charge in [-0.15, -0.1) is 0 Å². The number of benzene rings is 2. The first kappa shape index (κ1) is 23.7. The van der Waals surface area contributed by atoms with Crippen LogP contribution in [0.1, 0.15) is 30.4 Å². The topological polar surface area (TPSA) is 60.2 Å². The third-order valence-corrected chi connectivity index (χ3v) is 7.29. The van der Waals surface area contributed by atoms with Crippen molar-refractivity contribution in [2.75, 3.05) is 6.61 Å². The van der Waals surface area contributed by atoms with E-state index >= 15 is 8.78 Å². The van der Waals surface area contributed by atoms with Crippen LogP contribution in [-0.2, 0) is 17.6 Å². The molecule has 0 radical (unpaired) electrons. The number of rotatable bonds is 9. The summed E-state index contributed by atoms with van der Waals surface area (Å²) in [6.07, 6.45) is -0.281. The van der Waals surface area contributed by atoms with Crippen LogP contribution < -0.4 is 4.74 Å². The monoisotopic (exact) mass is 497 g/mol. The number of aliphatic hydroxyl groups is 1. The highest BCUT2D eigenvalue weighted by Gasteiger charge is 2.82. The SMILES string of the molecule is O[C@](Cn1cncn1)(c1ccc(F)cc1F)C(F)(F)C12CC(c3ccc(OCC(F)F)cc3)(C1)C2. The molecule has 3 aromatic rings. The Morgan fingerprint density at radius 3 is 2.31 bits per heavy atom. The smallest absolute Gasteiger partial charge is 0.287 e. The van der Waals surface area contributed by atoms with Gasteiger partial charge in [0.05, 0.1) is 6.54 Å². The van der Waals surface area contributed by atoms with Crippen molar-refractivity contribution in [1.82, 2.24) is 14.8 Å². The summed E-state index contributed by atoms with van der Waals surface area (Å²) in [5, 5.41) is 15.2. The molecule has 0 unspecified atom stereocenters. The number of hydrogen-bond donors (Lipinski definition) is 1. The van der Waals surface area contributed by atoms with E-state index in [9.17, 15) is 22.7 Å². The van der Waals surface area contributed by atoms with Gasteiger partial charge in [-0.05, 0) is 54.5 Å². The molecular weight excluding hydrogens is 476 g/mol. The summed E-state index contributed by atoms with van der Waals surface area (Å²) in [5.41, 5.74) is -5.14. The summed E-state index contributed by atoms with van der Waals surface area (Å²) in [6, 6.07) is 8.44. The minimum Gasteiger partial charge on any atom is -0.488 e. The quantitative estimate of drug-likeness (QED) is 0.430. The van der Waals surface area contributed by atoms with E-state index in [4.69, 9.17) is 4.74 Å². The average Bonchev–Trinajstić information content (AvgIpc) is 3.23. The molecule has 0 amide bonds. The van der Waals surface area contributed by atoms with Crippen molar-refractivity contribution in [2.24, 2.45) is 5.41 Å². The Morgan fingerprint density at radius 1 is 1.06 bits per heavy atom. The molecule has 3 aliphatic rings. The van der Waals surface area contributed by atoms with Crippen LogP contribution >= 0.6 is 0 Å². The van der Waals surface area contributed by atoms with Crippen molar-refractivity contribution in [3.63, 3.8) is 0 Å². The molecule has 3 fully saturated rings. The van der Waals surface area contributed by atoms with Gasteiger partial charge in [-0.2, -0.15) is 5.10 Å². The van der Waals surface area contributed by atoms with E-state index in [-0.39, 0.29) is 25.0 Å². The Balaban J connectivity index is 1.41. The lowest BCUT2D eigenvalue weighted by Gasteiger charge is -2.74. The van der Waals surface area contributed by atoms with Crippen molar-refractivity contribution < 1.29 is 36.2 Å². The maximum absolute atomic E-state index is 16.2. The second-order valence-electron chi connectivity index (χ2n) is 9.47. The summed E-state index contributed by atoms with van der Waals surface area (Å²) < 4.78 is 91.1. The molecule has 0 saturated heterocycles. The van der Waals surface area contributed by atoms with E-state index in [1.165, 1.54) is 12.1 Å². The number of aromatic nitrogens is 3. The second kappa shape index (κ2) is 7.97. The van der Waals surface area contributed by atoms with Gasteiger partial charge in [0.15, 0.2) is 5.60 Å². The highest BCUT2D eigenvalue weighted by atomic mass is 19.3. The van der Waals surface area contributed by atoms with Gasteiger partial charge in [0.2, 0.25) is 0 Å². The van der Waals surface area contributed by atoms with Gasteiger partial charge in [0, 0.05) is 17.0 Å². The largest absolute Gasteiger partial charge is 0.488 e. The molecule has 1 heterocycles. The summed E-state index contributed by atoms with van der Waals surface area (Å²) in [4.78, 5) is 3.70. The number of nitrogens with zero attached hydrogens (tertiary/aromatic N) is 3. The molecule has 1 aromatic heterocycles. The van der Waals surface area contributed by atoms with Crippen LogP contribution in [0.4, 0.5) is 26.3 Å². The molecule has 35 heavy (non-hydrogen) atoms. The molecule has 6 rings (SSSR count). The molecule has 2 aromatic carbocycles. The maximum Gasteiger partial charge on any atom is 0.287 e. The normalized spacial score (nSPS) is 25.0. The lowest BCUT2D eigenvalue weighted by atomic mass is 9.30. The average molecular weight is 497 g/mol. The zero-order valence-corrected chi connectivity index (χ0v) is 18.3. The van der Waals surface area contributed by atoms with Crippen LogP contribution in [0.15, 0.2) is 55.1 Å². The molecule has 186 valence electrons. The third-order valence-electron chi connectivity index (χ3n) is 7.29. The van der Waals surface area contributed by atoms with Crippen molar-refractivity contribution in [3.05, 3.63) is 77.9 Å². The molecule has 5 nitrogen and oxygen atoms in total. The molecule has 3 aliphatic carbocycles. The van der Waals surface area contributed by atoms with Crippen LogP contribution in [0.3, 0.4) is 0 Å². The molecule has 2 bridgehead atoms. The molecule has 1 atom stereocenters. The van der Waals surface area contributed by atoms with Crippen LogP contribution in [-0.4, -0.2) is 38.8 Å². The summed E-state index contributed by atoms with van der Waals surface area (Å²) in [5.74, 6) is -5.79. The number of hydrogen-bond acceptors (Lipinski definition) is 4. The number of alkyl halides is 4. The number of halogens is 6. The Hall–Kier alpha value is -3.08. The fourth-order valence-corrected chi connectivity index (χ4v) is 5.66. The first-order chi connectivity index (χ1) is 16.5. The second-order valence-corrected chi connectivity index (χ2v) is 9.47. The lowest BCUT2D eigenvalue weighted by Crippen LogP contribution is -2.76. The van der Waals surface area contributed by atoms with Crippen molar-refractivity contribution >= 4 is 0 Å². The van der Waals surface area contributed by atoms with E-state index in [2.05, 4.69) is 10.1 Å². The Bertz CT molecular complexity index is 1200. The fourth-order valence-electron chi connectivity index (χ4n) is 5.66. The highest BCUT2D eigenvalue weighted by Crippen LogP contribution is 2.80. The van der Waals surface area contributed by atoms with Crippen molar-refractivity contribution in [2.45, 2.75) is 49.2 Å². The minimum atomic E-state index is -3.80. The zero-order chi connectivity index (χ0) is 25.1. The van der Waals surface area contributed by atoms with E-state index < -0.39 is 59.1 Å². The van der Waals surface area contributed by atoms with Gasteiger partial charge in [-0.1, -0.05) is 12.1 Å². The van der Waals surface area contributed by atoms with Gasteiger partial charge in [-0.3, -0.25) is 0 Å². The molecular formula is C24H21F6N3O2. The van der Waals surface area contributed by atoms with E-state index in [1.807, 2.05) is 0 Å². The lowest BCUT2D eigenvalue weighted by molar-refractivity contribution is -0.347. The fraction of sp³-hybridized carbons (Fsp3) is 0.417. The molecule has 0 spiro atoms. The Labute approximate surface area is 196 Å². The van der Waals surface area contributed by atoms with Crippen LogP contribution in [0.2, 0.25) is 0 Å². The van der Waals surface area contributed by atoms with Crippen LogP contribution in [0.5, 0.6) is 5.75 Å². The van der Waals surface area contributed by atoms with Crippen molar-refractivity contribution in [3.8, 4) is 5.75 Å². The molecule has 0 aliphatic heterocycles. The molecule has 3 saturated carbocycles. The predicted molar refractivity (Wildman–Crippen MR) is 111 cm³/mol. The standard InChI is InChI=1S/C24H21F6N3O2/c25-16-3-6-18(19(26)7-16)23(34,12-33-14-31-13-32-33)24(29,30)22-9-21(10-22,11-22)15-1-4-17(5-2-15)35-8-20(27)28/h1-7,13-14,20,34H,8-12H2/t21?,22?,23-/m1/s1. The van der Waals surface area contributed by atoms with Crippen LogP contribution in [0.25, 0.3) is 0 Å². The third kappa shape index (κ3) is 3.59. The molecule has 11 heteroatoms. The van der Waals surface area contributed by atoms with Gasteiger partial charge in [-0.25, -0.2) is 36.0 Å². The highest BCUT2D eigenvalue weighted by molar-refractivity contribution is 5.44. The first-order valence-electron chi connectivity index (χ1n) is 10.9. The summed E-state index contributed by atoms with van der Waals surface area (Å²) in [6.45, 7) is -1.53. The van der Waals surface area contributed by atoms with Gasteiger partial charge in [0.1, 0.15) is 36.6 Å². The summed E-state index contributed by atoms with van der Waals surface area (Å²) in [7, 11) is 0.